The van der Waals surface area contributed by atoms with Crippen molar-refractivity contribution in [3.63, 3.8) is 0 Å². The predicted octanol–water partition coefficient (Wildman–Crippen LogP) is 3.40. The molecular formula is C13H10Cl2N2O2S. The van der Waals surface area contributed by atoms with Crippen LogP contribution in [0.15, 0.2) is 47.4 Å². The third-order valence-electron chi connectivity index (χ3n) is 3.02. The van der Waals surface area contributed by atoms with Crippen LogP contribution in [0.1, 0.15) is 11.7 Å². The molecule has 2 aromatic rings. The molecule has 0 aliphatic carbocycles. The lowest BCUT2D eigenvalue weighted by Crippen LogP contribution is -2.38. The van der Waals surface area contributed by atoms with Crippen LogP contribution in [0.25, 0.3) is 0 Å². The first-order valence-corrected chi connectivity index (χ1v) is 8.04. The molecule has 0 saturated heterocycles. The molecule has 104 valence electrons. The topological polar surface area (TPSA) is 58.2 Å². The molecule has 0 saturated carbocycles. The van der Waals surface area contributed by atoms with E-state index in [0.29, 0.717) is 21.3 Å². The maximum atomic E-state index is 12.2. The number of para-hydroxylation sites is 1. The van der Waals surface area contributed by atoms with E-state index in [2.05, 4.69) is 10.0 Å². The van der Waals surface area contributed by atoms with Gasteiger partial charge in [-0.25, -0.2) is 8.42 Å². The number of fused-ring (bicyclic) bond motifs is 1. The molecule has 0 amide bonds. The van der Waals surface area contributed by atoms with Crippen LogP contribution in [0, 0.1) is 0 Å². The number of hydrogen-bond donors (Lipinski definition) is 2. The molecule has 0 radical (unpaired) electrons. The molecule has 1 atom stereocenters. The number of sulfonamides is 1. The summed E-state index contributed by atoms with van der Waals surface area (Å²) in [5, 5.41) is 4.01. The van der Waals surface area contributed by atoms with E-state index in [4.69, 9.17) is 23.2 Å². The normalized spacial score (nSPS) is 20.0. The molecule has 2 N–H and O–H groups in total. The molecule has 0 aromatic heterocycles. The summed E-state index contributed by atoms with van der Waals surface area (Å²) < 4.78 is 27.0. The summed E-state index contributed by atoms with van der Waals surface area (Å²) in [5.41, 5.74) is 1.16. The van der Waals surface area contributed by atoms with Gasteiger partial charge in [0.1, 0.15) is 11.1 Å². The Morgan fingerprint density at radius 3 is 2.55 bits per heavy atom. The van der Waals surface area contributed by atoms with E-state index >= 15 is 0 Å². The first-order valence-electron chi connectivity index (χ1n) is 5.80. The first kappa shape index (κ1) is 13.7. The lowest BCUT2D eigenvalue weighted by atomic mass is 10.1. The molecular weight excluding hydrogens is 319 g/mol. The smallest absolute Gasteiger partial charge is 0.244 e. The first-order chi connectivity index (χ1) is 9.47. The molecule has 1 aliphatic rings. The van der Waals surface area contributed by atoms with E-state index in [0.717, 1.165) is 0 Å². The van der Waals surface area contributed by atoms with Crippen LogP contribution in [0.5, 0.6) is 0 Å². The van der Waals surface area contributed by atoms with Gasteiger partial charge >= 0.3 is 0 Å². The Labute approximate surface area is 126 Å². The van der Waals surface area contributed by atoms with Crippen LogP contribution in [0.2, 0.25) is 10.0 Å². The Hall–Kier alpha value is -1.27. The van der Waals surface area contributed by atoms with Crippen molar-refractivity contribution >= 4 is 38.9 Å². The van der Waals surface area contributed by atoms with Crippen molar-refractivity contribution in [3.05, 3.63) is 58.1 Å². The molecule has 0 fully saturated rings. The maximum absolute atomic E-state index is 12.2. The van der Waals surface area contributed by atoms with E-state index in [1.165, 1.54) is 0 Å². The largest absolute Gasteiger partial charge is 0.364 e. The average Bonchev–Trinajstić information content (AvgIpc) is 2.38. The van der Waals surface area contributed by atoms with Gasteiger partial charge in [0.15, 0.2) is 0 Å². The zero-order valence-corrected chi connectivity index (χ0v) is 12.4. The monoisotopic (exact) mass is 328 g/mol. The van der Waals surface area contributed by atoms with Crippen molar-refractivity contribution in [2.24, 2.45) is 0 Å². The minimum Gasteiger partial charge on any atom is -0.364 e. The van der Waals surface area contributed by atoms with Crippen LogP contribution >= 0.6 is 23.2 Å². The molecule has 1 heterocycles. The van der Waals surface area contributed by atoms with Gasteiger partial charge in [0.05, 0.1) is 5.69 Å². The highest BCUT2D eigenvalue weighted by atomic mass is 35.5. The summed E-state index contributed by atoms with van der Waals surface area (Å²) in [6, 6.07) is 11.6. The molecule has 0 unspecified atom stereocenters. The Morgan fingerprint density at radius 1 is 1.05 bits per heavy atom. The molecule has 0 bridgehead atoms. The van der Waals surface area contributed by atoms with Crippen LogP contribution in [0.4, 0.5) is 5.69 Å². The van der Waals surface area contributed by atoms with Gasteiger partial charge in [-0.05, 0) is 24.3 Å². The Morgan fingerprint density at radius 2 is 1.80 bits per heavy atom. The van der Waals surface area contributed by atoms with Crippen LogP contribution < -0.4 is 10.0 Å². The molecule has 1 aliphatic heterocycles. The zero-order chi connectivity index (χ0) is 14.3. The fourth-order valence-corrected chi connectivity index (χ4v) is 3.92. The fourth-order valence-electron chi connectivity index (χ4n) is 2.10. The van der Waals surface area contributed by atoms with Crippen molar-refractivity contribution < 1.29 is 8.42 Å². The molecule has 4 nitrogen and oxygen atoms in total. The lowest BCUT2D eigenvalue weighted by Gasteiger charge is -2.28. The van der Waals surface area contributed by atoms with Gasteiger partial charge in [-0.1, -0.05) is 41.4 Å². The maximum Gasteiger partial charge on any atom is 0.244 e. The van der Waals surface area contributed by atoms with Gasteiger partial charge in [-0.2, -0.15) is 4.72 Å². The van der Waals surface area contributed by atoms with E-state index in [-0.39, 0.29) is 4.90 Å². The number of benzene rings is 2. The molecule has 7 heteroatoms. The summed E-state index contributed by atoms with van der Waals surface area (Å²) >= 11 is 12.0. The minimum atomic E-state index is -3.57. The number of halogens is 2. The van der Waals surface area contributed by atoms with Gasteiger partial charge < -0.3 is 5.32 Å². The second-order valence-electron chi connectivity index (χ2n) is 4.36. The van der Waals surface area contributed by atoms with Gasteiger partial charge in [0.25, 0.3) is 0 Å². The van der Waals surface area contributed by atoms with E-state index in [1.807, 2.05) is 0 Å². The summed E-state index contributed by atoms with van der Waals surface area (Å²) in [4.78, 5) is 0.223. The standard InChI is InChI=1S/C13H10Cl2N2O2S/c14-8-5-6-9(10(15)7-8)13-16-11-3-1-2-4-12(11)20(18,19)17-13/h1-7,13,16-17H/t13-/m1/s1. The average molecular weight is 329 g/mol. The third-order valence-corrected chi connectivity index (χ3v) is 5.07. The number of rotatable bonds is 1. The minimum absolute atomic E-state index is 0.223. The third kappa shape index (κ3) is 2.38. The molecule has 3 rings (SSSR count). The van der Waals surface area contributed by atoms with Crippen molar-refractivity contribution in [2.45, 2.75) is 11.1 Å². The summed E-state index contributed by atoms with van der Waals surface area (Å²) in [6.07, 6.45) is -0.625. The van der Waals surface area contributed by atoms with E-state index in [1.54, 1.807) is 42.5 Å². The van der Waals surface area contributed by atoms with Gasteiger partial charge in [0, 0.05) is 15.6 Å². The van der Waals surface area contributed by atoms with E-state index < -0.39 is 16.2 Å². The van der Waals surface area contributed by atoms with Crippen molar-refractivity contribution in [1.82, 2.24) is 4.72 Å². The van der Waals surface area contributed by atoms with Gasteiger partial charge in [-0.3, -0.25) is 0 Å². The second kappa shape index (κ2) is 4.93. The number of hydrogen-bond acceptors (Lipinski definition) is 3. The van der Waals surface area contributed by atoms with Crippen molar-refractivity contribution in [1.29, 1.82) is 0 Å². The molecule has 2 aromatic carbocycles. The highest BCUT2D eigenvalue weighted by Gasteiger charge is 2.30. The Bertz CT molecular complexity index is 778. The van der Waals surface area contributed by atoms with E-state index in [9.17, 15) is 8.42 Å². The number of anilines is 1. The summed E-state index contributed by atoms with van der Waals surface area (Å²) in [7, 11) is -3.57. The van der Waals surface area contributed by atoms with Gasteiger partial charge in [0.2, 0.25) is 10.0 Å². The number of nitrogens with one attached hydrogen (secondary N) is 2. The summed E-state index contributed by atoms with van der Waals surface area (Å²) in [6.45, 7) is 0. The molecule has 0 spiro atoms. The fraction of sp³-hybridized carbons (Fsp3) is 0.0769. The predicted molar refractivity (Wildman–Crippen MR) is 79.6 cm³/mol. The zero-order valence-electron chi connectivity index (χ0n) is 10.1. The van der Waals surface area contributed by atoms with Crippen LogP contribution in [0.3, 0.4) is 0 Å². The SMILES string of the molecule is O=S1(=O)N[C@H](c2ccc(Cl)cc2Cl)Nc2ccccc21. The Balaban J connectivity index is 2.07. The van der Waals surface area contributed by atoms with Crippen LogP contribution in [-0.4, -0.2) is 8.42 Å². The quantitative estimate of drug-likeness (QED) is 0.843. The van der Waals surface area contributed by atoms with Crippen LogP contribution in [-0.2, 0) is 10.0 Å². The van der Waals surface area contributed by atoms with Gasteiger partial charge in [-0.15, -0.1) is 0 Å². The highest BCUT2D eigenvalue weighted by molar-refractivity contribution is 7.89. The second-order valence-corrected chi connectivity index (χ2v) is 6.89. The highest BCUT2D eigenvalue weighted by Crippen LogP contribution is 2.34. The van der Waals surface area contributed by atoms with Crippen molar-refractivity contribution in [2.75, 3.05) is 5.32 Å². The molecule has 20 heavy (non-hydrogen) atoms. The van der Waals surface area contributed by atoms with Crippen molar-refractivity contribution in [3.8, 4) is 0 Å². The lowest BCUT2D eigenvalue weighted by molar-refractivity contribution is 0.562. The Kier molecular flexibility index (Phi) is 3.38. The summed E-state index contributed by atoms with van der Waals surface area (Å²) in [5.74, 6) is 0.